The molecule has 0 bridgehead atoms. The lowest BCUT2D eigenvalue weighted by atomic mass is 10.0. The lowest BCUT2D eigenvalue weighted by molar-refractivity contribution is -0.163. The van der Waals surface area contributed by atoms with Crippen molar-refractivity contribution >= 4 is 21.7 Å². The van der Waals surface area contributed by atoms with Crippen molar-refractivity contribution in [2.45, 2.75) is 18.9 Å². The molecule has 2 rings (SSSR count). The third-order valence-corrected chi connectivity index (χ3v) is 5.39. The number of rotatable bonds is 3. The van der Waals surface area contributed by atoms with Crippen LogP contribution in [-0.4, -0.2) is 67.6 Å². The first-order valence-electron chi connectivity index (χ1n) is 6.19. The fourth-order valence-electron chi connectivity index (χ4n) is 2.58. The van der Waals surface area contributed by atoms with Crippen LogP contribution in [0.5, 0.6) is 0 Å². The zero-order valence-corrected chi connectivity index (χ0v) is 11.3. The normalized spacial score (nSPS) is 31.2. The molecular weight excluding hydrogens is 274 g/mol. The topological polar surface area (TPSA) is 101 Å². The number of amides is 1. The van der Waals surface area contributed by atoms with Crippen molar-refractivity contribution in [3.05, 3.63) is 0 Å². The van der Waals surface area contributed by atoms with E-state index in [9.17, 15) is 18.0 Å². The minimum absolute atomic E-state index is 0.0317. The lowest BCUT2D eigenvalue weighted by Gasteiger charge is -2.36. The minimum atomic E-state index is -3.05. The van der Waals surface area contributed by atoms with E-state index in [2.05, 4.69) is 0 Å². The number of carboxylic acid groups (broad SMARTS) is 1. The molecule has 0 aliphatic carbocycles. The number of hydrogen-bond donors (Lipinski definition) is 1. The standard InChI is InChI=1S/C11H17NO6S/c13-10-6-18-5-9(11(14)15)12(10)4-8-2-1-3-19(16,17)7-8/h8-9H,1-7H2,(H,14,15). The van der Waals surface area contributed by atoms with Crippen molar-refractivity contribution in [1.29, 1.82) is 0 Å². The molecule has 0 spiro atoms. The molecule has 0 saturated carbocycles. The third kappa shape index (κ3) is 3.44. The van der Waals surface area contributed by atoms with E-state index < -0.39 is 21.8 Å². The maximum Gasteiger partial charge on any atom is 0.328 e. The van der Waals surface area contributed by atoms with E-state index >= 15 is 0 Å². The van der Waals surface area contributed by atoms with Gasteiger partial charge in [0.2, 0.25) is 5.91 Å². The molecule has 2 aliphatic heterocycles. The van der Waals surface area contributed by atoms with Gasteiger partial charge in [0.05, 0.1) is 18.1 Å². The first kappa shape index (κ1) is 14.3. The molecule has 19 heavy (non-hydrogen) atoms. The Morgan fingerprint density at radius 2 is 2.21 bits per heavy atom. The number of morpholine rings is 1. The van der Waals surface area contributed by atoms with E-state index in [-0.39, 0.29) is 43.1 Å². The molecule has 2 aliphatic rings. The molecule has 2 atom stereocenters. The second-order valence-corrected chi connectivity index (χ2v) is 7.27. The van der Waals surface area contributed by atoms with Crippen LogP contribution in [0.3, 0.4) is 0 Å². The third-order valence-electron chi connectivity index (χ3n) is 3.50. The van der Waals surface area contributed by atoms with Crippen LogP contribution >= 0.6 is 0 Å². The zero-order chi connectivity index (χ0) is 14.0. The molecule has 1 N–H and O–H groups in total. The van der Waals surface area contributed by atoms with Crippen LogP contribution in [0.15, 0.2) is 0 Å². The van der Waals surface area contributed by atoms with Gasteiger partial charge in [-0.2, -0.15) is 0 Å². The molecule has 0 aromatic carbocycles. The summed E-state index contributed by atoms with van der Waals surface area (Å²) in [5.74, 6) is -1.47. The number of carbonyl (C=O) groups is 2. The predicted molar refractivity (Wildman–Crippen MR) is 65.3 cm³/mol. The molecule has 2 saturated heterocycles. The highest BCUT2D eigenvalue weighted by Crippen LogP contribution is 2.21. The van der Waals surface area contributed by atoms with Crippen LogP contribution < -0.4 is 0 Å². The summed E-state index contributed by atoms with van der Waals surface area (Å²) < 4.78 is 28.0. The second-order valence-electron chi connectivity index (χ2n) is 5.04. The maximum atomic E-state index is 11.7. The Labute approximate surface area is 111 Å². The number of sulfone groups is 1. The molecule has 0 radical (unpaired) electrons. The van der Waals surface area contributed by atoms with Gasteiger partial charge in [0.15, 0.2) is 15.9 Å². The molecule has 108 valence electrons. The Hall–Kier alpha value is -1.15. The van der Waals surface area contributed by atoms with Crippen LogP contribution in [0.4, 0.5) is 0 Å². The Morgan fingerprint density at radius 1 is 1.47 bits per heavy atom. The highest BCUT2D eigenvalue weighted by atomic mass is 32.2. The first-order valence-corrected chi connectivity index (χ1v) is 8.01. The van der Waals surface area contributed by atoms with Gasteiger partial charge in [0.25, 0.3) is 0 Å². The minimum Gasteiger partial charge on any atom is -0.480 e. The Kier molecular flexibility index (Phi) is 4.10. The van der Waals surface area contributed by atoms with Crippen molar-refractivity contribution in [1.82, 2.24) is 4.90 Å². The van der Waals surface area contributed by atoms with E-state index in [0.29, 0.717) is 12.8 Å². The van der Waals surface area contributed by atoms with E-state index in [1.54, 1.807) is 0 Å². The molecule has 0 aromatic rings. The van der Waals surface area contributed by atoms with Gasteiger partial charge < -0.3 is 14.7 Å². The van der Waals surface area contributed by atoms with Crippen molar-refractivity contribution in [3.63, 3.8) is 0 Å². The van der Waals surface area contributed by atoms with Gasteiger partial charge in [-0.05, 0) is 18.8 Å². The van der Waals surface area contributed by atoms with Crippen LogP contribution in [0, 0.1) is 5.92 Å². The quantitative estimate of drug-likeness (QED) is 0.725. The van der Waals surface area contributed by atoms with Gasteiger partial charge in [0.1, 0.15) is 6.61 Å². The summed E-state index contributed by atoms with van der Waals surface area (Å²) >= 11 is 0. The largest absolute Gasteiger partial charge is 0.480 e. The van der Waals surface area contributed by atoms with Gasteiger partial charge >= 0.3 is 5.97 Å². The first-order chi connectivity index (χ1) is 8.89. The van der Waals surface area contributed by atoms with Gasteiger partial charge in [-0.15, -0.1) is 0 Å². The summed E-state index contributed by atoms with van der Waals surface area (Å²) in [7, 11) is -3.05. The number of carbonyl (C=O) groups excluding carboxylic acids is 1. The SMILES string of the molecule is O=C(O)C1COCC(=O)N1CC1CCCS(=O)(=O)C1. The monoisotopic (exact) mass is 291 g/mol. The molecule has 0 aromatic heterocycles. The van der Waals surface area contributed by atoms with Gasteiger partial charge in [-0.3, -0.25) is 4.79 Å². The molecular formula is C11H17NO6S. The summed E-state index contributed by atoms with van der Waals surface area (Å²) in [4.78, 5) is 24.1. The van der Waals surface area contributed by atoms with Crippen LogP contribution in [-0.2, 0) is 24.2 Å². The number of nitrogens with zero attached hydrogens (tertiary/aromatic N) is 1. The smallest absolute Gasteiger partial charge is 0.328 e. The van der Waals surface area contributed by atoms with E-state index in [4.69, 9.17) is 9.84 Å². The van der Waals surface area contributed by atoms with Crippen LogP contribution in [0.2, 0.25) is 0 Å². The Bertz CT molecular complexity index is 474. The van der Waals surface area contributed by atoms with E-state index in [1.165, 1.54) is 4.90 Å². The molecule has 2 unspecified atom stereocenters. The van der Waals surface area contributed by atoms with Gasteiger partial charge in [0, 0.05) is 6.54 Å². The maximum absolute atomic E-state index is 11.7. The molecule has 7 nitrogen and oxygen atoms in total. The van der Waals surface area contributed by atoms with E-state index in [1.807, 2.05) is 0 Å². The molecule has 2 heterocycles. The van der Waals surface area contributed by atoms with Crippen molar-refractivity contribution in [2.24, 2.45) is 5.92 Å². The summed E-state index contributed by atoms with van der Waals surface area (Å²) in [5, 5.41) is 9.07. The fourth-order valence-corrected chi connectivity index (χ4v) is 4.34. The van der Waals surface area contributed by atoms with Crippen molar-refractivity contribution in [3.8, 4) is 0 Å². The number of aliphatic carboxylic acids is 1. The van der Waals surface area contributed by atoms with E-state index in [0.717, 1.165) is 0 Å². The van der Waals surface area contributed by atoms with Crippen LogP contribution in [0.1, 0.15) is 12.8 Å². The summed E-state index contributed by atoms with van der Waals surface area (Å²) in [6.07, 6.45) is 1.28. The predicted octanol–water partition coefficient (Wildman–Crippen LogP) is -0.877. The number of hydrogen-bond acceptors (Lipinski definition) is 5. The fraction of sp³-hybridized carbons (Fsp3) is 0.818. The number of ether oxygens (including phenoxy) is 1. The van der Waals surface area contributed by atoms with Crippen LogP contribution in [0.25, 0.3) is 0 Å². The Morgan fingerprint density at radius 3 is 2.84 bits per heavy atom. The summed E-state index contributed by atoms with van der Waals surface area (Å²) in [5.41, 5.74) is 0. The highest BCUT2D eigenvalue weighted by molar-refractivity contribution is 7.91. The second kappa shape index (κ2) is 5.46. The average Bonchev–Trinajstić information content (AvgIpc) is 2.30. The average molecular weight is 291 g/mol. The molecule has 1 amide bonds. The zero-order valence-electron chi connectivity index (χ0n) is 10.4. The van der Waals surface area contributed by atoms with Gasteiger partial charge in [-0.25, -0.2) is 13.2 Å². The summed E-state index contributed by atoms with van der Waals surface area (Å²) in [6, 6.07) is -1.01. The van der Waals surface area contributed by atoms with Crippen molar-refractivity contribution in [2.75, 3.05) is 31.3 Å². The van der Waals surface area contributed by atoms with Gasteiger partial charge in [-0.1, -0.05) is 0 Å². The molecule has 2 fully saturated rings. The summed E-state index contributed by atoms with van der Waals surface area (Å²) in [6.45, 7) is 0.00217. The Balaban J connectivity index is 2.06. The molecule has 8 heteroatoms. The number of carboxylic acids is 1. The van der Waals surface area contributed by atoms with Crippen molar-refractivity contribution < 1.29 is 27.9 Å². The lowest BCUT2D eigenvalue weighted by Crippen LogP contribution is -2.55. The highest BCUT2D eigenvalue weighted by Gasteiger charge is 2.36.